The number of anilines is 1. The van der Waals surface area contributed by atoms with Crippen LogP contribution in [0.3, 0.4) is 0 Å². The van der Waals surface area contributed by atoms with E-state index in [-0.39, 0.29) is 17.6 Å². The fraction of sp³-hybridized carbons (Fsp3) is 0.250. The van der Waals surface area contributed by atoms with E-state index in [1.54, 1.807) is 35.1 Å². The lowest BCUT2D eigenvalue weighted by Gasteiger charge is -2.32. The number of aromatic nitrogens is 4. The van der Waals surface area contributed by atoms with Crippen LogP contribution < -0.4 is 5.32 Å². The minimum absolute atomic E-state index is 0.0508. The lowest BCUT2D eigenvalue weighted by molar-refractivity contribution is 0.0711. The number of pyridine rings is 1. The maximum Gasteiger partial charge on any atom is 0.253 e. The number of phenolic OH excluding ortho intramolecular Hbond substituents is 1. The third kappa shape index (κ3) is 4.54. The molecule has 0 unspecified atom stereocenters. The molecule has 1 saturated heterocycles. The predicted molar refractivity (Wildman–Crippen MR) is 128 cm³/mol. The highest BCUT2D eigenvalue weighted by Gasteiger charge is 2.26. The summed E-state index contributed by atoms with van der Waals surface area (Å²) in [6.07, 6.45) is 6.99. The number of fused-ring (bicyclic) bond motifs is 1. The van der Waals surface area contributed by atoms with Gasteiger partial charge >= 0.3 is 0 Å². The second-order valence-corrected chi connectivity index (χ2v) is 8.98. The molecular formula is C24H23BrN6O2. The molecule has 0 saturated carbocycles. The van der Waals surface area contributed by atoms with Crippen molar-refractivity contribution in [3.8, 4) is 5.75 Å². The van der Waals surface area contributed by atoms with Gasteiger partial charge in [0.1, 0.15) is 11.6 Å². The third-order valence-corrected chi connectivity index (χ3v) is 6.50. The summed E-state index contributed by atoms with van der Waals surface area (Å²) in [5.74, 6) is 1.16. The van der Waals surface area contributed by atoms with Crippen molar-refractivity contribution >= 4 is 33.3 Å². The maximum atomic E-state index is 12.8. The van der Waals surface area contributed by atoms with Crippen molar-refractivity contribution in [3.63, 3.8) is 0 Å². The second kappa shape index (κ2) is 9.19. The van der Waals surface area contributed by atoms with Gasteiger partial charge in [-0.05, 0) is 58.6 Å². The molecule has 0 aliphatic carbocycles. The molecule has 1 aromatic carbocycles. The molecule has 1 fully saturated rings. The number of nitrogens with zero attached hydrogens (tertiary/aromatic N) is 5. The van der Waals surface area contributed by atoms with Gasteiger partial charge in [0.05, 0.1) is 10.7 Å². The molecule has 5 rings (SSSR count). The van der Waals surface area contributed by atoms with Gasteiger partial charge in [0.2, 0.25) is 0 Å². The van der Waals surface area contributed by atoms with Crippen LogP contribution in [0, 0.1) is 0 Å². The quantitative estimate of drug-likeness (QED) is 0.420. The molecule has 0 radical (unpaired) electrons. The molecule has 0 atom stereocenters. The standard InChI is InChI=1S/C24H23BrN6O2/c25-20-15-28-31-22(27-14-16-3-2-8-26-13-16)12-21(29-23(20)31)17-6-9-30(10-7-17)24(33)18-4-1-5-19(32)11-18/h1-5,8,11-13,15,17,27,32H,6-7,9-10,14H2. The lowest BCUT2D eigenvalue weighted by Crippen LogP contribution is -2.38. The highest BCUT2D eigenvalue weighted by Crippen LogP contribution is 2.31. The Morgan fingerprint density at radius 2 is 2.00 bits per heavy atom. The topological polar surface area (TPSA) is 95.7 Å². The SMILES string of the molecule is O=C(c1cccc(O)c1)N1CCC(c2cc(NCc3cccnc3)n3ncc(Br)c3n2)CC1. The van der Waals surface area contributed by atoms with Crippen molar-refractivity contribution < 1.29 is 9.90 Å². The summed E-state index contributed by atoms with van der Waals surface area (Å²) in [6.45, 7) is 1.91. The molecule has 0 spiro atoms. The van der Waals surface area contributed by atoms with Gasteiger partial charge in [0.25, 0.3) is 5.91 Å². The van der Waals surface area contributed by atoms with Crippen LogP contribution in [-0.4, -0.2) is 48.6 Å². The Morgan fingerprint density at radius 1 is 1.15 bits per heavy atom. The van der Waals surface area contributed by atoms with E-state index < -0.39 is 0 Å². The van der Waals surface area contributed by atoms with E-state index in [1.165, 1.54) is 6.07 Å². The Balaban J connectivity index is 1.33. The van der Waals surface area contributed by atoms with E-state index in [0.717, 1.165) is 40.0 Å². The lowest BCUT2D eigenvalue weighted by atomic mass is 9.92. The van der Waals surface area contributed by atoms with Gasteiger partial charge in [0, 0.05) is 55.3 Å². The van der Waals surface area contributed by atoms with Crippen molar-refractivity contribution in [2.24, 2.45) is 0 Å². The van der Waals surface area contributed by atoms with Gasteiger partial charge < -0.3 is 15.3 Å². The average Bonchev–Trinajstić information content (AvgIpc) is 3.23. The van der Waals surface area contributed by atoms with Crippen molar-refractivity contribution in [3.05, 3.63) is 82.3 Å². The van der Waals surface area contributed by atoms with Crippen LogP contribution in [0.2, 0.25) is 0 Å². The Bertz CT molecular complexity index is 1280. The second-order valence-electron chi connectivity index (χ2n) is 8.13. The van der Waals surface area contributed by atoms with E-state index in [9.17, 15) is 9.90 Å². The molecule has 4 heterocycles. The molecule has 0 bridgehead atoms. The number of nitrogens with one attached hydrogen (secondary N) is 1. The van der Waals surface area contributed by atoms with Crippen molar-refractivity contribution in [2.75, 3.05) is 18.4 Å². The summed E-state index contributed by atoms with van der Waals surface area (Å²) in [5.41, 5.74) is 3.34. The first kappa shape index (κ1) is 21.4. The van der Waals surface area contributed by atoms with Crippen molar-refractivity contribution in [2.45, 2.75) is 25.3 Å². The largest absolute Gasteiger partial charge is 0.508 e. The number of amides is 1. The summed E-state index contributed by atoms with van der Waals surface area (Å²) in [4.78, 5) is 23.7. The summed E-state index contributed by atoms with van der Waals surface area (Å²) in [5, 5.41) is 17.6. The molecule has 1 amide bonds. The normalized spacial score (nSPS) is 14.5. The molecule has 4 aromatic rings. The number of hydrogen-bond acceptors (Lipinski definition) is 6. The van der Waals surface area contributed by atoms with Gasteiger partial charge in [0.15, 0.2) is 5.65 Å². The third-order valence-electron chi connectivity index (χ3n) is 5.94. The first-order chi connectivity index (χ1) is 16.1. The van der Waals surface area contributed by atoms with Crippen LogP contribution in [0.4, 0.5) is 5.82 Å². The number of rotatable bonds is 5. The van der Waals surface area contributed by atoms with Gasteiger partial charge in [-0.2, -0.15) is 9.61 Å². The molecule has 2 N–H and O–H groups in total. The number of phenols is 1. The fourth-order valence-electron chi connectivity index (χ4n) is 4.19. The van der Waals surface area contributed by atoms with E-state index in [0.29, 0.717) is 25.2 Å². The van der Waals surface area contributed by atoms with Crippen LogP contribution in [0.5, 0.6) is 5.75 Å². The number of hydrogen-bond donors (Lipinski definition) is 2. The Labute approximate surface area is 199 Å². The van der Waals surface area contributed by atoms with Gasteiger partial charge in [-0.1, -0.05) is 12.1 Å². The average molecular weight is 507 g/mol. The van der Waals surface area contributed by atoms with E-state index in [2.05, 4.69) is 37.4 Å². The number of halogens is 1. The molecule has 3 aromatic heterocycles. The minimum atomic E-state index is -0.0508. The zero-order valence-electron chi connectivity index (χ0n) is 17.9. The van der Waals surface area contributed by atoms with Gasteiger partial charge in [-0.3, -0.25) is 9.78 Å². The summed E-state index contributed by atoms with van der Waals surface area (Å²) in [6, 6.07) is 12.5. The summed E-state index contributed by atoms with van der Waals surface area (Å²) in [7, 11) is 0. The van der Waals surface area contributed by atoms with Crippen LogP contribution in [0.15, 0.2) is 65.5 Å². The first-order valence-corrected chi connectivity index (χ1v) is 11.6. The van der Waals surface area contributed by atoms with E-state index in [1.807, 2.05) is 23.2 Å². The number of benzene rings is 1. The fourth-order valence-corrected chi connectivity index (χ4v) is 4.53. The van der Waals surface area contributed by atoms with E-state index >= 15 is 0 Å². The number of piperidine rings is 1. The summed E-state index contributed by atoms with van der Waals surface area (Å²) < 4.78 is 2.63. The summed E-state index contributed by atoms with van der Waals surface area (Å²) >= 11 is 3.56. The van der Waals surface area contributed by atoms with Crippen LogP contribution in [-0.2, 0) is 6.54 Å². The molecule has 33 heavy (non-hydrogen) atoms. The smallest absolute Gasteiger partial charge is 0.253 e. The van der Waals surface area contributed by atoms with Crippen molar-refractivity contribution in [1.82, 2.24) is 24.5 Å². The van der Waals surface area contributed by atoms with Crippen LogP contribution in [0.25, 0.3) is 5.65 Å². The highest BCUT2D eigenvalue weighted by molar-refractivity contribution is 9.10. The van der Waals surface area contributed by atoms with Gasteiger partial charge in [-0.25, -0.2) is 4.98 Å². The maximum absolute atomic E-state index is 12.8. The van der Waals surface area contributed by atoms with Crippen LogP contribution in [0.1, 0.15) is 40.4 Å². The number of carbonyl (C=O) groups excluding carboxylic acids is 1. The molecule has 1 aliphatic rings. The van der Waals surface area contributed by atoms with Crippen LogP contribution >= 0.6 is 15.9 Å². The Morgan fingerprint density at radius 3 is 2.76 bits per heavy atom. The first-order valence-electron chi connectivity index (χ1n) is 10.8. The number of carbonyl (C=O) groups is 1. The number of likely N-dealkylation sites (tertiary alicyclic amines) is 1. The Kier molecular flexibility index (Phi) is 5.95. The zero-order chi connectivity index (χ0) is 22.8. The minimum Gasteiger partial charge on any atom is -0.508 e. The monoisotopic (exact) mass is 506 g/mol. The number of aromatic hydroxyl groups is 1. The molecule has 168 valence electrons. The molecular weight excluding hydrogens is 484 g/mol. The Hall–Kier alpha value is -3.46. The predicted octanol–water partition coefficient (Wildman–Crippen LogP) is 4.22. The van der Waals surface area contributed by atoms with Crippen molar-refractivity contribution in [1.29, 1.82) is 0 Å². The zero-order valence-corrected chi connectivity index (χ0v) is 19.4. The molecule has 1 aliphatic heterocycles. The highest BCUT2D eigenvalue weighted by atomic mass is 79.9. The molecule has 8 nitrogen and oxygen atoms in total. The van der Waals surface area contributed by atoms with Gasteiger partial charge in [-0.15, -0.1) is 0 Å². The van der Waals surface area contributed by atoms with E-state index in [4.69, 9.17) is 4.98 Å². The molecule has 9 heteroatoms.